The van der Waals surface area contributed by atoms with Gasteiger partial charge in [-0.3, -0.25) is 4.79 Å². The lowest BCUT2D eigenvalue weighted by Crippen LogP contribution is -2.21. The Morgan fingerprint density at radius 1 is 1.22 bits per heavy atom. The standard InChI is InChI=1S/C17H19N5O/c1-21(2)17(23)11-7-8-14-13(9-11)15-16(20-19-14)18-10-22(15)12-5-3-4-6-12/h7-10,12H,3-6H2,1-2H3. The van der Waals surface area contributed by atoms with E-state index in [0.29, 0.717) is 17.3 Å². The number of amides is 1. The van der Waals surface area contributed by atoms with Crippen molar-refractivity contribution in [3.05, 3.63) is 30.1 Å². The van der Waals surface area contributed by atoms with E-state index in [1.807, 2.05) is 24.5 Å². The van der Waals surface area contributed by atoms with E-state index in [1.165, 1.54) is 25.7 Å². The number of hydrogen-bond acceptors (Lipinski definition) is 4. The first-order valence-corrected chi connectivity index (χ1v) is 8.00. The third-order valence-electron chi connectivity index (χ3n) is 4.65. The highest BCUT2D eigenvalue weighted by Gasteiger charge is 2.21. The fourth-order valence-corrected chi connectivity index (χ4v) is 3.45. The number of nitrogens with zero attached hydrogens (tertiary/aromatic N) is 5. The van der Waals surface area contributed by atoms with Crippen molar-refractivity contribution in [2.75, 3.05) is 14.1 Å². The summed E-state index contributed by atoms with van der Waals surface area (Å²) in [5, 5.41) is 9.43. The number of rotatable bonds is 2. The molecule has 0 bridgehead atoms. The molecule has 2 aromatic heterocycles. The van der Waals surface area contributed by atoms with Crippen LogP contribution in [-0.2, 0) is 0 Å². The van der Waals surface area contributed by atoms with Crippen LogP contribution in [0, 0.1) is 0 Å². The lowest BCUT2D eigenvalue weighted by molar-refractivity contribution is 0.0828. The van der Waals surface area contributed by atoms with Crippen molar-refractivity contribution in [1.29, 1.82) is 0 Å². The van der Waals surface area contributed by atoms with Crippen molar-refractivity contribution in [3.8, 4) is 0 Å². The Balaban J connectivity index is 1.96. The maximum Gasteiger partial charge on any atom is 0.253 e. The molecule has 1 aromatic carbocycles. The molecule has 1 aliphatic carbocycles. The lowest BCUT2D eigenvalue weighted by Gasteiger charge is -2.14. The van der Waals surface area contributed by atoms with Crippen LogP contribution in [0.2, 0.25) is 0 Å². The minimum absolute atomic E-state index is 0.0104. The highest BCUT2D eigenvalue weighted by Crippen LogP contribution is 2.33. The van der Waals surface area contributed by atoms with E-state index >= 15 is 0 Å². The SMILES string of the molecule is CN(C)C(=O)c1ccc2nnc3ncn(C4CCCC4)c3c2c1. The van der Waals surface area contributed by atoms with Gasteiger partial charge in [-0.2, -0.15) is 0 Å². The van der Waals surface area contributed by atoms with Gasteiger partial charge in [0.15, 0.2) is 0 Å². The summed E-state index contributed by atoms with van der Waals surface area (Å²) in [5.41, 5.74) is 3.11. The monoisotopic (exact) mass is 309 g/mol. The third-order valence-corrected chi connectivity index (χ3v) is 4.65. The van der Waals surface area contributed by atoms with Gasteiger partial charge in [0.25, 0.3) is 5.91 Å². The average molecular weight is 309 g/mol. The minimum Gasteiger partial charge on any atom is -0.345 e. The van der Waals surface area contributed by atoms with Gasteiger partial charge in [0.2, 0.25) is 5.65 Å². The van der Waals surface area contributed by atoms with Crippen LogP contribution >= 0.6 is 0 Å². The van der Waals surface area contributed by atoms with Gasteiger partial charge >= 0.3 is 0 Å². The van der Waals surface area contributed by atoms with Gasteiger partial charge in [0.1, 0.15) is 0 Å². The predicted octanol–water partition coefficient (Wildman–Crippen LogP) is 2.80. The molecule has 0 spiro atoms. The van der Waals surface area contributed by atoms with Crippen LogP contribution in [0.1, 0.15) is 42.1 Å². The molecule has 0 aliphatic heterocycles. The Labute approximate surface area is 134 Å². The zero-order chi connectivity index (χ0) is 16.0. The first-order chi connectivity index (χ1) is 11.1. The molecule has 1 saturated carbocycles. The fourth-order valence-electron chi connectivity index (χ4n) is 3.45. The summed E-state index contributed by atoms with van der Waals surface area (Å²) in [6.45, 7) is 0. The number of fused-ring (bicyclic) bond motifs is 3. The molecule has 0 unspecified atom stereocenters. The van der Waals surface area contributed by atoms with Crippen LogP contribution in [0.4, 0.5) is 0 Å². The fraction of sp³-hybridized carbons (Fsp3) is 0.412. The van der Waals surface area contributed by atoms with Gasteiger partial charge < -0.3 is 9.47 Å². The number of carbonyl (C=O) groups is 1. The van der Waals surface area contributed by atoms with E-state index in [4.69, 9.17) is 0 Å². The van der Waals surface area contributed by atoms with E-state index in [0.717, 1.165) is 16.4 Å². The molecule has 6 nitrogen and oxygen atoms in total. The van der Waals surface area contributed by atoms with Crippen LogP contribution in [0.15, 0.2) is 24.5 Å². The van der Waals surface area contributed by atoms with Crippen molar-refractivity contribution < 1.29 is 4.79 Å². The van der Waals surface area contributed by atoms with Crippen molar-refractivity contribution >= 4 is 28.0 Å². The molecular weight excluding hydrogens is 290 g/mol. The second-order valence-electron chi connectivity index (χ2n) is 6.39. The molecule has 1 fully saturated rings. The van der Waals surface area contributed by atoms with Crippen LogP contribution in [0.3, 0.4) is 0 Å². The Kier molecular flexibility index (Phi) is 3.25. The molecule has 6 heteroatoms. The van der Waals surface area contributed by atoms with Crippen molar-refractivity contribution in [2.24, 2.45) is 0 Å². The van der Waals surface area contributed by atoms with Crippen LogP contribution in [-0.4, -0.2) is 44.7 Å². The molecule has 2 heterocycles. The highest BCUT2D eigenvalue weighted by molar-refractivity contribution is 6.05. The quantitative estimate of drug-likeness (QED) is 0.730. The van der Waals surface area contributed by atoms with E-state index in [1.54, 1.807) is 19.0 Å². The summed E-state index contributed by atoms with van der Waals surface area (Å²) in [5.74, 6) is -0.0104. The smallest absolute Gasteiger partial charge is 0.253 e. The molecule has 0 radical (unpaired) electrons. The zero-order valence-electron chi connectivity index (χ0n) is 13.4. The first kappa shape index (κ1) is 14.1. The molecule has 1 aliphatic rings. The Morgan fingerprint density at radius 2 is 2.00 bits per heavy atom. The lowest BCUT2D eigenvalue weighted by atomic mass is 10.1. The topological polar surface area (TPSA) is 63.9 Å². The molecule has 4 rings (SSSR count). The summed E-state index contributed by atoms with van der Waals surface area (Å²) >= 11 is 0. The Hall–Kier alpha value is -2.50. The average Bonchev–Trinajstić information content (AvgIpc) is 3.22. The third kappa shape index (κ3) is 2.25. The van der Waals surface area contributed by atoms with Gasteiger partial charge in [-0.15, -0.1) is 10.2 Å². The normalized spacial score (nSPS) is 15.6. The van der Waals surface area contributed by atoms with Gasteiger partial charge in [0.05, 0.1) is 17.4 Å². The number of benzene rings is 1. The largest absolute Gasteiger partial charge is 0.345 e. The van der Waals surface area contributed by atoms with Crippen LogP contribution < -0.4 is 0 Å². The minimum atomic E-state index is -0.0104. The summed E-state index contributed by atoms with van der Waals surface area (Å²) in [6.07, 6.45) is 6.72. The van der Waals surface area contributed by atoms with Crippen molar-refractivity contribution in [2.45, 2.75) is 31.7 Å². The molecule has 1 amide bonds. The van der Waals surface area contributed by atoms with E-state index in [2.05, 4.69) is 19.7 Å². The van der Waals surface area contributed by atoms with Gasteiger partial charge in [-0.25, -0.2) is 4.98 Å². The van der Waals surface area contributed by atoms with Crippen molar-refractivity contribution in [1.82, 2.24) is 24.6 Å². The molecule has 3 aromatic rings. The maximum absolute atomic E-state index is 12.3. The van der Waals surface area contributed by atoms with Gasteiger partial charge in [-0.05, 0) is 31.0 Å². The van der Waals surface area contributed by atoms with E-state index in [-0.39, 0.29) is 5.91 Å². The number of carbonyl (C=O) groups excluding carboxylic acids is 1. The van der Waals surface area contributed by atoms with E-state index in [9.17, 15) is 4.79 Å². The van der Waals surface area contributed by atoms with Crippen LogP contribution in [0.5, 0.6) is 0 Å². The van der Waals surface area contributed by atoms with Gasteiger partial charge in [-0.1, -0.05) is 12.8 Å². The molecule has 0 N–H and O–H groups in total. The second kappa shape index (κ2) is 5.30. The molecule has 0 saturated heterocycles. The molecule has 23 heavy (non-hydrogen) atoms. The Morgan fingerprint density at radius 3 is 2.74 bits per heavy atom. The van der Waals surface area contributed by atoms with Crippen molar-refractivity contribution in [3.63, 3.8) is 0 Å². The highest BCUT2D eigenvalue weighted by atomic mass is 16.2. The summed E-state index contributed by atoms with van der Waals surface area (Å²) in [6, 6.07) is 6.06. The predicted molar refractivity (Wildman–Crippen MR) is 88.4 cm³/mol. The summed E-state index contributed by atoms with van der Waals surface area (Å²) in [4.78, 5) is 18.3. The number of imidazole rings is 1. The molecule has 0 atom stereocenters. The number of aromatic nitrogens is 4. The molecular formula is C17H19N5O. The van der Waals surface area contributed by atoms with E-state index < -0.39 is 0 Å². The Bertz CT molecular complexity index is 893. The number of hydrogen-bond donors (Lipinski definition) is 0. The second-order valence-corrected chi connectivity index (χ2v) is 6.39. The maximum atomic E-state index is 12.3. The molecule has 118 valence electrons. The van der Waals surface area contributed by atoms with Gasteiger partial charge in [0, 0.05) is 31.1 Å². The summed E-state index contributed by atoms with van der Waals surface area (Å²) in [7, 11) is 3.52. The summed E-state index contributed by atoms with van der Waals surface area (Å²) < 4.78 is 2.23. The van der Waals surface area contributed by atoms with Crippen LogP contribution in [0.25, 0.3) is 22.1 Å². The zero-order valence-corrected chi connectivity index (χ0v) is 13.4. The first-order valence-electron chi connectivity index (χ1n) is 8.00.